The number of nitrogens with zero attached hydrogens (tertiary/aromatic N) is 1. The Balaban J connectivity index is 3.02. The van der Waals surface area contributed by atoms with Gasteiger partial charge in [0.1, 0.15) is 0 Å². The van der Waals surface area contributed by atoms with Crippen LogP contribution in [0.1, 0.15) is 0 Å². The molecule has 0 bridgehead atoms. The van der Waals surface area contributed by atoms with E-state index in [0.29, 0.717) is 0 Å². The van der Waals surface area contributed by atoms with E-state index in [9.17, 15) is 0 Å². The highest BCUT2D eigenvalue weighted by molar-refractivity contribution is 5.47. The number of imidazole rings is 1. The van der Waals surface area contributed by atoms with Crippen molar-refractivity contribution in [3.63, 3.8) is 0 Å². The molecule has 2 heteroatoms. The molecule has 1 N–H and O–H groups in total. The summed E-state index contributed by atoms with van der Waals surface area (Å²) < 4.78 is 2.01. The van der Waals surface area contributed by atoms with E-state index in [-0.39, 0.29) is 0 Å². The van der Waals surface area contributed by atoms with Crippen molar-refractivity contribution in [2.75, 3.05) is 0 Å². The summed E-state index contributed by atoms with van der Waals surface area (Å²) in [6.07, 6.45) is 5.68. The van der Waals surface area contributed by atoms with Crippen molar-refractivity contribution in [3.05, 3.63) is 47.9 Å². The first-order chi connectivity index (χ1) is 6.33. The molecule has 0 aromatic carbocycles. The largest absolute Gasteiger partial charge is 0.277 e. The van der Waals surface area contributed by atoms with Crippen LogP contribution in [0.2, 0.25) is 0 Å². The summed E-state index contributed by atoms with van der Waals surface area (Å²) in [5, 5.41) is 1.04. The highest BCUT2D eigenvalue weighted by atomic mass is 15.0. The van der Waals surface area contributed by atoms with Gasteiger partial charge in [-0.2, -0.15) is 4.40 Å². The molecule has 2 heterocycles. The van der Waals surface area contributed by atoms with Gasteiger partial charge in [-0.05, 0) is 24.8 Å². The molecule has 0 aliphatic heterocycles. The second-order valence-corrected chi connectivity index (χ2v) is 2.84. The van der Waals surface area contributed by atoms with Crippen molar-refractivity contribution in [2.24, 2.45) is 0 Å². The van der Waals surface area contributed by atoms with Gasteiger partial charge in [-0.3, -0.25) is 0 Å². The van der Waals surface area contributed by atoms with E-state index in [1.54, 1.807) is 6.08 Å². The SMILES string of the molecule is C=C/C=c1\[nH]c(=C)[n+]2ccccc12. The molecule has 0 radical (unpaired) electrons. The van der Waals surface area contributed by atoms with Gasteiger partial charge in [0.05, 0.1) is 6.20 Å². The highest BCUT2D eigenvalue weighted by Crippen LogP contribution is 1.83. The van der Waals surface area contributed by atoms with Crippen LogP contribution in [0.25, 0.3) is 18.2 Å². The fourth-order valence-corrected chi connectivity index (χ4v) is 1.42. The fourth-order valence-electron chi connectivity index (χ4n) is 1.42. The van der Waals surface area contributed by atoms with Crippen LogP contribution in [-0.2, 0) is 0 Å². The van der Waals surface area contributed by atoms with Gasteiger partial charge in [-0.25, -0.2) is 4.98 Å². The minimum absolute atomic E-state index is 0.878. The average molecular weight is 171 g/mol. The Bertz CT molecular complexity index is 549. The lowest BCUT2D eigenvalue weighted by Gasteiger charge is -1.81. The molecule has 0 saturated heterocycles. The lowest BCUT2D eigenvalue weighted by Crippen LogP contribution is -2.36. The monoisotopic (exact) mass is 171 g/mol. The molecular weight excluding hydrogens is 160 g/mol. The van der Waals surface area contributed by atoms with E-state index < -0.39 is 0 Å². The van der Waals surface area contributed by atoms with Crippen molar-refractivity contribution >= 4 is 18.2 Å². The van der Waals surface area contributed by atoms with E-state index >= 15 is 0 Å². The fraction of sp³-hybridized carbons (Fsp3) is 0. The molecule has 0 aliphatic carbocycles. The summed E-state index contributed by atoms with van der Waals surface area (Å²) in [6, 6.07) is 6.02. The van der Waals surface area contributed by atoms with Crippen LogP contribution >= 0.6 is 0 Å². The molecule has 0 aliphatic rings. The second kappa shape index (κ2) is 2.90. The Morgan fingerprint density at radius 2 is 2.23 bits per heavy atom. The predicted molar refractivity (Wildman–Crippen MR) is 53.4 cm³/mol. The molecule has 13 heavy (non-hydrogen) atoms. The second-order valence-electron chi connectivity index (χ2n) is 2.84. The van der Waals surface area contributed by atoms with Crippen LogP contribution in [0.5, 0.6) is 0 Å². The number of pyridine rings is 1. The molecule has 64 valence electrons. The molecular formula is C11H11N2+. The van der Waals surface area contributed by atoms with Crippen LogP contribution in [0, 0.1) is 0 Å². The zero-order chi connectivity index (χ0) is 9.26. The summed E-state index contributed by atoms with van der Waals surface area (Å²) in [6.45, 7) is 7.57. The first-order valence-electron chi connectivity index (χ1n) is 4.13. The van der Waals surface area contributed by atoms with E-state index in [4.69, 9.17) is 0 Å². The molecule has 2 nitrogen and oxygen atoms in total. The van der Waals surface area contributed by atoms with Gasteiger partial charge in [0, 0.05) is 0 Å². The molecule has 0 spiro atoms. The third kappa shape index (κ3) is 1.16. The Kier molecular flexibility index (Phi) is 1.74. The molecule has 2 aromatic rings. The van der Waals surface area contributed by atoms with Gasteiger partial charge in [-0.15, -0.1) is 0 Å². The smallest absolute Gasteiger partial charge is 0.237 e. The van der Waals surface area contributed by atoms with Gasteiger partial charge in [0.2, 0.25) is 0 Å². The van der Waals surface area contributed by atoms with E-state index in [1.807, 2.05) is 34.9 Å². The van der Waals surface area contributed by atoms with Crippen LogP contribution < -0.4 is 15.2 Å². The molecule has 0 saturated carbocycles. The van der Waals surface area contributed by atoms with E-state index in [2.05, 4.69) is 18.1 Å². The predicted octanol–water partition coefficient (Wildman–Crippen LogP) is 0.130. The lowest BCUT2D eigenvalue weighted by atomic mass is 10.4. The maximum Gasteiger partial charge on any atom is 0.277 e. The number of aromatic nitrogens is 2. The summed E-state index contributed by atoms with van der Waals surface area (Å²) >= 11 is 0. The topological polar surface area (TPSA) is 19.9 Å². The summed E-state index contributed by atoms with van der Waals surface area (Å²) in [7, 11) is 0. The van der Waals surface area contributed by atoms with Crippen molar-refractivity contribution in [1.29, 1.82) is 0 Å². The Morgan fingerprint density at radius 1 is 1.38 bits per heavy atom. The van der Waals surface area contributed by atoms with Gasteiger partial charge >= 0.3 is 0 Å². The summed E-state index contributed by atoms with van der Waals surface area (Å²) in [5.41, 5.74) is 2.00. The number of rotatable bonds is 1. The molecule has 2 rings (SSSR count). The maximum absolute atomic E-state index is 3.90. The standard InChI is InChI=1S/C11H11N2/c1-3-6-10-11-7-4-5-8-13(11)9(2)12-10/h3-8,12H,1-2H2/q+1/b10-6-. The summed E-state index contributed by atoms with van der Waals surface area (Å²) in [4.78, 5) is 3.18. The van der Waals surface area contributed by atoms with Gasteiger partial charge in [-0.1, -0.05) is 18.7 Å². The number of fused-ring (bicyclic) bond motifs is 1. The Labute approximate surface area is 76.2 Å². The molecule has 0 fully saturated rings. The van der Waals surface area contributed by atoms with Gasteiger partial charge < -0.3 is 0 Å². The molecule has 2 aromatic heterocycles. The van der Waals surface area contributed by atoms with Crippen molar-refractivity contribution in [2.45, 2.75) is 0 Å². The van der Waals surface area contributed by atoms with Crippen LogP contribution in [0.15, 0.2) is 37.1 Å². The molecule has 0 amide bonds. The zero-order valence-electron chi connectivity index (χ0n) is 7.33. The normalized spacial score (nSPS) is 12.2. The number of aromatic amines is 1. The number of hydrogen-bond donors (Lipinski definition) is 1. The highest BCUT2D eigenvalue weighted by Gasteiger charge is 2.03. The summed E-state index contributed by atoms with van der Waals surface area (Å²) in [5.74, 6) is 0. The van der Waals surface area contributed by atoms with Crippen molar-refractivity contribution in [3.8, 4) is 0 Å². The minimum atomic E-state index is 0.878. The lowest BCUT2D eigenvalue weighted by molar-refractivity contribution is -0.526. The minimum Gasteiger partial charge on any atom is -0.237 e. The number of nitrogens with one attached hydrogen (secondary N) is 1. The van der Waals surface area contributed by atoms with E-state index in [0.717, 1.165) is 16.3 Å². The van der Waals surface area contributed by atoms with Gasteiger partial charge in [0.25, 0.3) is 5.48 Å². The first-order valence-corrected chi connectivity index (χ1v) is 4.13. The van der Waals surface area contributed by atoms with Gasteiger partial charge in [0.15, 0.2) is 10.9 Å². The third-order valence-electron chi connectivity index (χ3n) is 1.99. The van der Waals surface area contributed by atoms with Crippen LogP contribution in [-0.4, -0.2) is 4.98 Å². The van der Waals surface area contributed by atoms with Crippen LogP contribution in [0.3, 0.4) is 0 Å². The molecule has 0 unspecified atom stereocenters. The quantitative estimate of drug-likeness (QED) is 0.589. The van der Waals surface area contributed by atoms with Crippen LogP contribution in [0.4, 0.5) is 0 Å². The van der Waals surface area contributed by atoms with Crippen molar-refractivity contribution in [1.82, 2.24) is 4.98 Å². The zero-order valence-corrected chi connectivity index (χ0v) is 7.33. The molecule has 0 atom stereocenters. The average Bonchev–Trinajstić information content (AvgIpc) is 2.46. The first kappa shape index (κ1) is 7.80. The number of H-pyrrole nitrogens is 1. The number of allylic oxidation sites excluding steroid dienone is 1. The Hall–Kier alpha value is -1.83. The Morgan fingerprint density at radius 3 is 3.00 bits per heavy atom. The third-order valence-corrected chi connectivity index (χ3v) is 1.99. The van der Waals surface area contributed by atoms with E-state index in [1.165, 1.54) is 0 Å². The maximum atomic E-state index is 3.90. The van der Waals surface area contributed by atoms with Crippen molar-refractivity contribution < 1.29 is 4.40 Å². The number of hydrogen-bond acceptors (Lipinski definition) is 0.